The first-order chi connectivity index (χ1) is 15.8. The molecule has 0 amide bonds. The number of aliphatic imine (C=N–C) groups is 1. The standard InChI is InChI=1S/C23H33N7O2/c1-24-22(29-8-10-30(11-9-29)23-25-6-3-7-26-23)27-19-20-4-2-5-21(18-20)32-17-14-28-12-15-31-16-13-28/h2-7,18H,8-17,19H2,1H3,(H,24,27). The van der Waals surface area contributed by atoms with Crippen molar-refractivity contribution in [2.45, 2.75) is 6.54 Å². The van der Waals surface area contributed by atoms with E-state index in [0.29, 0.717) is 13.2 Å². The van der Waals surface area contributed by atoms with Crippen molar-refractivity contribution in [1.29, 1.82) is 0 Å². The highest BCUT2D eigenvalue weighted by Gasteiger charge is 2.21. The van der Waals surface area contributed by atoms with Gasteiger partial charge in [0.25, 0.3) is 0 Å². The summed E-state index contributed by atoms with van der Waals surface area (Å²) in [5.74, 6) is 2.61. The molecule has 172 valence electrons. The monoisotopic (exact) mass is 439 g/mol. The van der Waals surface area contributed by atoms with Crippen LogP contribution in [0.15, 0.2) is 47.7 Å². The molecule has 0 atom stereocenters. The van der Waals surface area contributed by atoms with Gasteiger partial charge in [0.2, 0.25) is 5.95 Å². The smallest absolute Gasteiger partial charge is 0.225 e. The summed E-state index contributed by atoms with van der Waals surface area (Å²) in [6.45, 7) is 9.43. The van der Waals surface area contributed by atoms with Gasteiger partial charge >= 0.3 is 0 Å². The molecule has 2 fully saturated rings. The first kappa shape index (κ1) is 22.3. The molecule has 1 aromatic heterocycles. The van der Waals surface area contributed by atoms with Crippen molar-refractivity contribution in [2.24, 2.45) is 4.99 Å². The van der Waals surface area contributed by atoms with E-state index in [2.05, 4.69) is 47.1 Å². The topological polar surface area (TPSA) is 78.4 Å². The Morgan fingerprint density at radius 3 is 2.59 bits per heavy atom. The molecule has 9 heteroatoms. The molecule has 3 heterocycles. The van der Waals surface area contributed by atoms with Crippen LogP contribution in [0.25, 0.3) is 0 Å². The lowest BCUT2D eigenvalue weighted by atomic mass is 10.2. The summed E-state index contributed by atoms with van der Waals surface area (Å²) in [5, 5.41) is 3.49. The van der Waals surface area contributed by atoms with Crippen LogP contribution in [-0.2, 0) is 11.3 Å². The molecule has 4 rings (SSSR count). The van der Waals surface area contributed by atoms with E-state index in [0.717, 1.165) is 76.7 Å². The van der Waals surface area contributed by atoms with Crippen molar-refractivity contribution in [1.82, 2.24) is 25.1 Å². The summed E-state index contributed by atoms with van der Waals surface area (Å²) >= 11 is 0. The second-order valence-corrected chi connectivity index (χ2v) is 7.87. The number of ether oxygens (including phenoxy) is 2. The van der Waals surface area contributed by atoms with E-state index in [1.165, 1.54) is 5.56 Å². The Bertz CT molecular complexity index is 850. The molecule has 1 N–H and O–H groups in total. The fourth-order valence-electron chi connectivity index (χ4n) is 3.95. The minimum Gasteiger partial charge on any atom is -0.492 e. The molecular weight excluding hydrogens is 406 g/mol. The Morgan fingerprint density at radius 2 is 1.84 bits per heavy atom. The average Bonchev–Trinajstić information content (AvgIpc) is 2.86. The van der Waals surface area contributed by atoms with E-state index in [1.54, 1.807) is 12.4 Å². The minimum atomic E-state index is 0.688. The molecule has 1 aromatic carbocycles. The lowest BCUT2D eigenvalue weighted by molar-refractivity contribution is 0.0322. The van der Waals surface area contributed by atoms with Crippen molar-refractivity contribution in [3.8, 4) is 5.75 Å². The van der Waals surface area contributed by atoms with E-state index in [-0.39, 0.29) is 0 Å². The number of piperazine rings is 1. The molecule has 0 spiro atoms. The van der Waals surface area contributed by atoms with Crippen LogP contribution in [0.5, 0.6) is 5.75 Å². The molecular formula is C23H33N7O2. The molecule has 0 unspecified atom stereocenters. The first-order valence-electron chi connectivity index (χ1n) is 11.3. The Kier molecular flexibility index (Phi) is 8.11. The van der Waals surface area contributed by atoms with Crippen molar-refractivity contribution >= 4 is 11.9 Å². The number of nitrogens with zero attached hydrogens (tertiary/aromatic N) is 6. The van der Waals surface area contributed by atoms with Crippen LogP contribution in [0.3, 0.4) is 0 Å². The fourth-order valence-corrected chi connectivity index (χ4v) is 3.95. The zero-order valence-electron chi connectivity index (χ0n) is 18.8. The average molecular weight is 440 g/mol. The molecule has 2 aromatic rings. The van der Waals surface area contributed by atoms with Gasteiger partial charge in [0.15, 0.2) is 5.96 Å². The van der Waals surface area contributed by atoms with E-state index < -0.39 is 0 Å². The Hall–Kier alpha value is -2.91. The van der Waals surface area contributed by atoms with E-state index >= 15 is 0 Å². The van der Waals surface area contributed by atoms with Crippen molar-refractivity contribution < 1.29 is 9.47 Å². The molecule has 2 aliphatic heterocycles. The van der Waals surface area contributed by atoms with Crippen molar-refractivity contribution in [3.05, 3.63) is 48.3 Å². The first-order valence-corrected chi connectivity index (χ1v) is 11.3. The highest BCUT2D eigenvalue weighted by Crippen LogP contribution is 2.14. The van der Waals surface area contributed by atoms with Crippen molar-refractivity contribution in [2.75, 3.05) is 77.6 Å². The summed E-state index contributed by atoms with van der Waals surface area (Å²) in [6.07, 6.45) is 3.57. The third kappa shape index (κ3) is 6.30. The van der Waals surface area contributed by atoms with Crippen LogP contribution >= 0.6 is 0 Å². The summed E-state index contributed by atoms with van der Waals surface area (Å²) in [7, 11) is 1.83. The van der Waals surface area contributed by atoms with Crippen molar-refractivity contribution in [3.63, 3.8) is 0 Å². The molecule has 9 nitrogen and oxygen atoms in total. The van der Waals surface area contributed by atoms with Crippen LogP contribution in [0.2, 0.25) is 0 Å². The number of nitrogens with one attached hydrogen (secondary N) is 1. The number of morpholine rings is 1. The number of anilines is 1. The zero-order valence-corrected chi connectivity index (χ0v) is 18.8. The van der Waals surface area contributed by atoms with Crippen LogP contribution in [-0.4, -0.2) is 98.4 Å². The SMILES string of the molecule is CN=C(NCc1cccc(OCCN2CCOCC2)c1)N1CCN(c2ncccn2)CC1. The number of hydrogen-bond acceptors (Lipinski definition) is 7. The van der Waals surface area contributed by atoms with Crippen LogP contribution in [0.1, 0.15) is 5.56 Å². The maximum absolute atomic E-state index is 5.98. The number of benzene rings is 1. The normalized spacial score (nSPS) is 18.0. The minimum absolute atomic E-state index is 0.688. The number of guanidine groups is 1. The van der Waals surface area contributed by atoms with E-state index in [9.17, 15) is 0 Å². The second-order valence-electron chi connectivity index (χ2n) is 7.87. The van der Waals surface area contributed by atoms with E-state index in [1.807, 2.05) is 25.2 Å². The number of rotatable bonds is 7. The third-order valence-electron chi connectivity index (χ3n) is 5.76. The molecule has 2 saturated heterocycles. The Morgan fingerprint density at radius 1 is 1.06 bits per heavy atom. The van der Waals surface area contributed by atoms with Crippen LogP contribution in [0, 0.1) is 0 Å². The predicted molar refractivity (Wildman–Crippen MR) is 125 cm³/mol. The quantitative estimate of drug-likeness (QED) is 0.507. The maximum atomic E-state index is 5.98. The van der Waals surface area contributed by atoms with E-state index in [4.69, 9.17) is 9.47 Å². The van der Waals surface area contributed by atoms with Gasteiger partial charge in [-0.2, -0.15) is 0 Å². The van der Waals surface area contributed by atoms with Gasteiger partial charge in [0.1, 0.15) is 12.4 Å². The van der Waals surface area contributed by atoms with Gasteiger partial charge in [-0.25, -0.2) is 9.97 Å². The molecule has 0 aliphatic carbocycles. The van der Waals surface area contributed by atoms with Gasteiger partial charge in [0.05, 0.1) is 13.2 Å². The molecule has 2 aliphatic rings. The fraction of sp³-hybridized carbons (Fsp3) is 0.522. The lowest BCUT2D eigenvalue weighted by Crippen LogP contribution is -2.52. The highest BCUT2D eigenvalue weighted by atomic mass is 16.5. The highest BCUT2D eigenvalue weighted by molar-refractivity contribution is 5.80. The van der Waals surface area contributed by atoms with Gasteiger partial charge < -0.3 is 24.6 Å². The largest absolute Gasteiger partial charge is 0.492 e. The molecule has 0 saturated carbocycles. The number of aromatic nitrogens is 2. The van der Waals surface area contributed by atoms with Crippen LogP contribution < -0.4 is 15.0 Å². The summed E-state index contributed by atoms with van der Waals surface area (Å²) < 4.78 is 11.4. The van der Waals surface area contributed by atoms with Gasteiger partial charge in [-0.05, 0) is 23.8 Å². The molecule has 0 radical (unpaired) electrons. The van der Waals surface area contributed by atoms with Gasteiger partial charge in [-0.1, -0.05) is 12.1 Å². The number of hydrogen-bond donors (Lipinski definition) is 1. The van der Waals surface area contributed by atoms with Gasteiger partial charge in [-0.3, -0.25) is 9.89 Å². The molecule has 0 bridgehead atoms. The predicted octanol–water partition coefficient (Wildman–Crippen LogP) is 1.09. The Balaban J connectivity index is 1.22. The zero-order chi connectivity index (χ0) is 22.0. The Labute approximate surface area is 190 Å². The van der Waals surface area contributed by atoms with Crippen LogP contribution in [0.4, 0.5) is 5.95 Å². The summed E-state index contributed by atoms with van der Waals surface area (Å²) in [4.78, 5) is 20.1. The third-order valence-corrected chi connectivity index (χ3v) is 5.76. The second kappa shape index (κ2) is 11.6. The maximum Gasteiger partial charge on any atom is 0.225 e. The van der Waals surface area contributed by atoms with Gasteiger partial charge in [-0.15, -0.1) is 0 Å². The summed E-state index contributed by atoms with van der Waals surface area (Å²) in [6, 6.07) is 10.1. The molecule has 32 heavy (non-hydrogen) atoms. The van der Waals surface area contributed by atoms with Gasteiger partial charge in [0, 0.05) is 71.8 Å². The summed E-state index contributed by atoms with van der Waals surface area (Å²) in [5.41, 5.74) is 1.17. The lowest BCUT2D eigenvalue weighted by Gasteiger charge is -2.36.